The molecule has 0 amide bonds. The number of halogens is 1. The van der Waals surface area contributed by atoms with E-state index < -0.39 is 44.6 Å². The molecule has 2 aromatic carbocycles. The maximum absolute atomic E-state index is 16.3. The van der Waals surface area contributed by atoms with Gasteiger partial charge in [-0.1, -0.05) is 43.3 Å². The summed E-state index contributed by atoms with van der Waals surface area (Å²) in [7, 11) is -0.789. The summed E-state index contributed by atoms with van der Waals surface area (Å²) in [5.41, 5.74) is 6.81. The van der Waals surface area contributed by atoms with Crippen LogP contribution in [0.3, 0.4) is 0 Å². The quantitative estimate of drug-likeness (QED) is 0.170. The number of imidazole rings is 1. The van der Waals surface area contributed by atoms with Crippen molar-refractivity contribution in [2.75, 3.05) is 31.3 Å². The fraction of sp³-hybridized carbons (Fsp3) is 0.448. The number of benzene rings is 2. The Morgan fingerprint density at radius 1 is 1.23 bits per heavy atom. The SMILES string of the molecule is CC(C)OC(=O)[C@@H](C)NP(=O)(OC[C@]1(F)C[C@H](C)[C@H](n2cnc3c(N(C)C)nc(N)nc32)O1)Oc1cccc2ccccc12. The summed E-state index contributed by atoms with van der Waals surface area (Å²) in [6, 6.07) is 11.4. The lowest BCUT2D eigenvalue weighted by Gasteiger charge is -2.27. The minimum atomic E-state index is -4.39. The number of esters is 1. The predicted molar refractivity (Wildman–Crippen MR) is 164 cm³/mol. The summed E-state index contributed by atoms with van der Waals surface area (Å²) < 4.78 is 54.9. The lowest BCUT2D eigenvalue weighted by molar-refractivity contribution is -0.173. The van der Waals surface area contributed by atoms with Crippen LogP contribution in [-0.4, -0.2) is 64.2 Å². The molecule has 15 heteroatoms. The summed E-state index contributed by atoms with van der Waals surface area (Å²) in [5.74, 6) is -2.64. The van der Waals surface area contributed by atoms with Gasteiger partial charge in [0.05, 0.1) is 12.4 Å². The molecule has 4 aromatic rings. The summed E-state index contributed by atoms with van der Waals surface area (Å²) in [4.78, 5) is 27.3. The number of alkyl halides is 1. The number of hydrogen-bond donors (Lipinski definition) is 2. The van der Waals surface area contributed by atoms with Gasteiger partial charge in [0.1, 0.15) is 24.6 Å². The topological polar surface area (TPSA) is 156 Å². The van der Waals surface area contributed by atoms with E-state index >= 15 is 4.39 Å². The van der Waals surface area contributed by atoms with Gasteiger partial charge in [-0.2, -0.15) is 15.1 Å². The van der Waals surface area contributed by atoms with Crippen LogP contribution in [0.4, 0.5) is 16.2 Å². The number of carbonyl (C=O) groups is 1. The Bertz CT molecular complexity index is 1710. The molecule has 1 aliphatic heterocycles. The monoisotopic (exact) mass is 629 g/mol. The summed E-state index contributed by atoms with van der Waals surface area (Å²) in [6.07, 6.45) is 0.165. The third kappa shape index (κ3) is 6.63. The van der Waals surface area contributed by atoms with E-state index in [4.69, 9.17) is 24.3 Å². The molecule has 236 valence electrons. The number of fused-ring (bicyclic) bond motifs is 2. The fourth-order valence-corrected chi connectivity index (χ4v) is 6.64. The number of anilines is 2. The summed E-state index contributed by atoms with van der Waals surface area (Å²) >= 11 is 0. The van der Waals surface area contributed by atoms with E-state index in [0.29, 0.717) is 22.4 Å². The van der Waals surface area contributed by atoms with Crippen LogP contribution in [0, 0.1) is 5.92 Å². The van der Waals surface area contributed by atoms with Crippen molar-refractivity contribution in [1.29, 1.82) is 0 Å². The van der Waals surface area contributed by atoms with Gasteiger partial charge in [-0.25, -0.2) is 13.9 Å². The van der Waals surface area contributed by atoms with Crippen LogP contribution in [0.1, 0.15) is 40.3 Å². The van der Waals surface area contributed by atoms with Gasteiger partial charge in [0, 0.05) is 31.8 Å². The first-order valence-electron chi connectivity index (χ1n) is 14.2. The molecule has 1 aliphatic rings. The number of rotatable bonds is 11. The van der Waals surface area contributed by atoms with Crippen molar-refractivity contribution < 1.29 is 32.3 Å². The number of carbonyl (C=O) groups excluding carboxylic acids is 1. The third-order valence-electron chi connectivity index (χ3n) is 7.04. The fourth-order valence-electron chi connectivity index (χ4n) is 5.10. The zero-order valence-electron chi connectivity index (χ0n) is 25.4. The molecular formula is C29H37FN7O6P. The lowest BCUT2D eigenvalue weighted by atomic mass is 10.1. The molecule has 1 saturated heterocycles. The molecule has 0 radical (unpaired) electrons. The molecule has 0 bridgehead atoms. The Kier molecular flexibility index (Phi) is 8.81. The Labute approximate surface area is 254 Å². The minimum absolute atomic E-state index is 0.0335. The Balaban J connectivity index is 1.40. The van der Waals surface area contributed by atoms with Gasteiger partial charge in [0.25, 0.3) is 0 Å². The average molecular weight is 630 g/mol. The first-order chi connectivity index (χ1) is 20.8. The zero-order chi connectivity index (χ0) is 31.8. The molecule has 1 fully saturated rings. The molecule has 1 unspecified atom stereocenters. The number of ether oxygens (including phenoxy) is 2. The molecule has 3 heterocycles. The van der Waals surface area contributed by atoms with Crippen molar-refractivity contribution in [3.63, 3.8) is 0 Å². The normalized spacial score (nSPS) is 22.3. The van der Waals surface area contributed by atoms with E-state index in [1.165, 1.54) is 13.3 Å². The van der Waals surface area contributed by atoms with Gasteiger partial charge in [-0.15, -0.1) is 0 Å². The van der Waals surface area contributed by atoms with E-state index in [9.17, 15) is 9.36 Å². The molecule has 0 aliphatic carbocycles. The van der Waals surface area contributed by atoms with Crippen molar-refractivity contribution >= 4 is 47.4 Å². The molecule has 0 spiro atoms. The minimum Gasteiger partial charge on any atom is -0.462 e. The largest absolute Gasteiger partial charge is 0.462 e. The van der Waals surface area contributed by atoms with E-state index in [1.807, 2.05) is 25.1 Å². The van der Waals surface area contributed by atoms with Gasteiger partial charge in [-0.05, 0) is 32.2 Å². The highest BCUT2D eigenvalue weighted by atomic mass is 31.2. The molecule has 0 saturated carbocycles. The number of nitrogen functional groups attached to an aromatic ring is 1. The highest BCUT2D eigenvalue weighted by molar-refractivity contribution is 7.52. The zero-order valence-corrected chi connectivity index (χ0v) is 26.3. The van der Waals surface area contributed by atoms with E-state index in [-0.39, 0.29) is 24.0 Å². The smallest absolute Gasteiger partial charge is 0.459 e. The lowest BCUT2D eigenvalue weighted by Crippen LogP contribution is -2.37. The molecule has 5 rings (SSSR count). The van der Waals surface area contributed by atoms with Crippen LogP contribution in [0.2, 0.25) is 0 Å². The van der Waals surface area contributed by atoms with Crippen LogP contribution in [0.15, 0.2) is 48.8 Å². The van der Waals surface area contributed by atoms with Gasteiger partial charge < -0.3 is 24.6 Å². The molecule has 13 nitrogen and oxygen atoms in total. The standard InChI is InChI=1S/C29H37FN7O6P/c1-17(2)41-27(38)19(4)35-44(39,43-22-13-9-11-20-10-7-8-12-21(20)22)40-15-29(30)14-18(3)26(42-29)37-16-32-23-24(36(5)6)33-28(31)34-25(23)37/h7-13,16-19,26H,14-15H2,1-6H3,(H,35,39)(H2,31,33,34)/t18-,19+,26+,29-,44?/m0/s1. The maximum atomic E-state index is 16.3. The van der Waals surface area contributed by atoms with Crippen LogP contribution >= 0.6 is 7.75 Å². The maximum Gasteiger partial charge on any atom is 0.459 e. The van der Waals surface area contributed by atoms with Crippen molar-refractivity contribution in [2.24, 2.45) is 5.92 Å². The predicted octanol–water partition coefficient (Wildman–Crippen LogP) is 4.98. The third-order valence-corrected chi connectivity index (χ3v) is 8.65. The van der Waals surface area contributed by atoms with Crippen LogP contribution in [0.25, 0.3) is 21.9 Å². The Hall–Kier alpha value is -3.84. The number of hydrogen-bond acceptors (Lipinski definition) is 11. The highest BCUT2D eigenvalue weighted by Gasteiger charge is 2.49. The second-order valence-corrected chi connectivity index (χ2v) is 13.1. The van der Waals surface area contributed by atoms with Crippen molar-refractivity contribution in [1.82, 2.24) is 24.6 Å². The van der Waals surface area contributed by atoms with Crippen LogP contribution in [0.5, 0.6) is 5.75 Å². The first kappa shape index (κ1) is 31.6. The van der Waals surface area contributed by atoms with E-state index in [2.05, 4.69) is 20.0 Å². The molecule has 3 N–H and O–H groups in total. The van der Waals surface area contributed by atoms with Crippen molar-refractivity contribution in [2.45, 2.75) is 58.3 Å². The highest BCUT2D eigenvalue weighted by Crippen LogP contribution is 2.50. The van der Waals surface area contributed by atoms with Gasteiger partial charge in [0.2, 0.25) is 11.8 Å². The van der Waals surface area contributed by atoms with Crippen LogP contribution < -0.4 is 20.2 Å². The second kappa shape index (κ2) is 12.3. The molecule has 44 heavy (non-hydrogen) atoms. The first-order valence-corrected chi connectivity index (χ1v) is 15.8. The number of aromatic nitrogens is 4. The summed E-state index contributed by atoms with van der Waals surface area (Å²) in [6.45, 7) is 5.90. The summed E-state index contributed by atoms with van der Waals surface area (Å²) in [5, 5.41) is 4.10. The van der Waals surface area contributed by atoms with Gasteiger partial charge in [-0.3, -0.25) is 13.9 Å². The van der Waals surface area contributed by atoms with Crippen molar-refractivity contribution in [3.05, 3.63) is 48.8 Å². The second-order valence-electron chi connectivity index (χ2n) is 11.4. The van der Waals surface area contributed by atoms with Crippen molar-refractivity contribution in [3.8, 4) is 5.75 Å². The molecular weight excluding hydrogens is 592 g/mol. The average Bonchev–Trinajstić information content (AvgIpc) is 3.51. The number of nitrogens with two attached hydrogens (primary N) is 1. The molecule has 5 atom stereocenters. The molecule has 2 aromatic heterocycles. The van der Waals surface area contributed by atoms with Gasteiger partial charge in [0.15, 0.2) is 17.0 Å². The van der Waals surface area contributed by atoms with E-state index in [1.54, 1.807) is 61.7 Å². The Morgan fingerprint density at radius 3 is 2.68 bits per heavy atom. The van der Waals surface area contributed by atoms with Crippen LogP contribution in [-0.2, 0) is 23.4 Å². The number of nitrogens with zero attached hydrogens (tertiary/aromatic N) is 5. The Morgan fingerprint density at radius 2 is 1.95 bits per heavy atom. The van der Waals surface area contributed by atoms with E-state index in [0.717, 1.165) is 5.39 Å². The van der Waals surface area contributed by atoms with Gasteiger partial charge >= 0.3 is 13.7 Å². The number of nitrogens with one attached hydrogen (secondary N) is 1.